The molecule has 0 radical (unpaired) electrons. The van der Waals surface area contributed by atoms with Gasteiger partial charge in [0.2, 0.25) is 5.91 Å². The van der Waals surface area contributed by atoms with E-state index in [0.29, 0.717) is 28.8 Å². The highest BCUT2D eigenvalue weighted by Crippen LogP contribution is 2.35. The van der Waals surface area contributed by atoms with Gasteiger partial charge in [0, 0.05) is 28.2 Å². The number of hydrogen-bond donors (Lipinski definition) is 1. The van der Waals surface area contributed by atoms with Crippen molar-refractivity contribution in [2.45, 2.75) is 32.4 Å². The van der Waals surface area contributed by atoms with Gasteiger partial charge in [-0.25, -0.2) is 4.79 Å². The second-order valence-corrected chi connectivity index (χ2v) is 10.2. The third-order valence-corrected chi connectivity index (χ3v) is 7.38. The van der Waals surface area contributed by atoms with Crippen molar-refractivity contribution in [2.24, 2.45) is 0 Å². The molecule has 2 heterocycles. The second kappa shape index (κ2) is 11.7. The van der Waals surface area contributed by atoms with E-state index in [-0.39, 0.29) is 37.2 Å². The van der Waals surface area contributed by atoms with Gasteiger partial charge in [0.1, 0.15) is 13.2 Å². The molecule has 1 atom stereocenters. The summed E-state index contributed by atoms with van der Waals surface area (Å²) in [6, 6.07) is 15.7. The van der Waals surface area contributed by atoms with Gasteiger partial charge in [-0.2, -0.15) is 0 Å². The van der Waals surface area contributed by atoms with Gasteiger partial charge in [-0.3, -0.25) is 4.79 Å². The van der Waals surface area contributed by atoms with Crippen molar-refractivity contribution >= 4 is 40.6 Å². The van der Waals surface area contributed by atoms with E-state index < -0.39 is 0 Å². The lowest BCUT2D eigenvalue weighted by Crippen LogP contribution is -2.50. The van der Waals surface area contributed by atoms with E-state index in [9.17, 15) is 9.59 Å². The first-order valence-corrected chi connectivity index (χ1v) is 13.1. The molecule has 1 aliphatic heterocycles. The quantitative estimate of drug-likeness (QED) is 0.398. The van der Waals surface area contributed by atoms with Crippen molar-refractivity contribution in [1.82, 2.24) is 9.80 Å². The standard InChI is InChI=1S/C27H30ClN3O4S/c1-18(2)31(27(33)29-20-8-6-7-19(28)15-20)16-26(32)30-13-11-25-21(12-14-36-25)22(30)17-35-24-10-5-4-9-23(24)34-3/h4-10,12,14-15,18,22H,11,13,16-17H2,1-3H3,(H,29,33)/t22-/m1/s1. The van der Waals surface area contributed by atoms with Crippen LogP contribution in [0.2, 0.25) is 5.02 Å². The number of anilines is 1. The molecule has 7 nitrogen and oxygen atoms in total. The lowest BCUT2D eigenvalue weighted by molar-refractivity contribution is -0.135. The van der Waals surface area contributed by atoms with Crippen molar-refractivity contribution in [2.75, 3.05) is 32.1 Å². The van der Waals surface area contributed by atoms with E-state index in [1.54, 1.807) is 42.7 Å². The lowest BCUT2D eigenvalue weighted by atomic mass is 10.0. The molecule has 0 bridgehead atoms. The predicted molar refractivity (Wildman–Crippen MR) is 143 cm³/mol. The normalized spacial score (nSPS) is 14.8. The Morgan fingerprint density at radius 3 is 2.67 bits per heavy atom. The summed E-state index contributed by atoms with van der Waals surface area (Å²) in [4.78, 5) is 31.3. The van der Waals surface area contributed by atoms with Gasteiger partial charge < -0.3 is 24.6 Å². The largest absolute Gasteiger partial charge is 0.493 e. The minimum atomic E-state index is -0.351. The first kappa shape index (κ1) is 25.9. The minimum Gasteiger partial charge on any atom is -0.493 e. The maximum Gasteiger partial charge on any atom is 0.322 e. The van der Waals surface area contributed by atoms with Crippen molar-refractivity contribution in [3.05, 3.63) is 75.4 Å². The van der Waals surface area contributed by atoms with Crippen LogP contribution in [0.25, 0.3) is 0 Å². The number of fused-ring (bicyclic) bond motifs is 1. The number of ether oxygens (including phenoxy) is 2. The van der Waals surface area contributed by atoms with Gasteiger partial charge in [-0.15, -0.1) is 11.3 Å². The molecule has 0 aliphatic carbocycles. The van der Waals surface area contributed by atoms with Crippen LogP contribution in [0.4, 0.5) is 10.5 Å². The molecule has 3 amide bonds. The first-order chi connectivity index (χ1) is 17.4. The Morgan fingerprint density at radius 2 is 1.94 bits per heavy atom. The average molecular weight is 528 g/mol. The van der Waals surface area contributed by atoms with Crippen LogP contribution >= 0.6 is 22.9 Å². The van der Waals surface area contributed by atoms with Gasteiger partial charge in [0.05, 0.1) is 13.2 Å². The molecule has 1 aliphatic rings. The smallest absolute Gasteiger partial charge is 0.322 e. The molecule has 0 spiro atoms. The monoisotopic (exact) mass is 527 g/mol. The Bertz CT molecular complexity index is 1210. The Labute approximate surface area is 220 Å². The number of thiophene rings is 1. The Morgan fingerprint density at radius 1 is 1.17 bits per heavy atom. The first-order valence-electron chi connectivity index (χ1n) is 11.8. The summed E-state index contributed by atoms with van der Waals surface area (Å²) in [5, 5.41) is 5.42. The van der Waals surface area contributed by atoms with E-state index in [2.05, 4.69) is 11.4 Å². The highest BCUT2D eigenvalue weighted by atomic mass is 35.5. The maximum absolute atomic E-state index is 13.6. The molecule has 9 heteroatoms. The fourth-order valence-corrected chi connectivity index (χ4v) is 5.39. The minimum absolute atomic E-state index is 0.0469. The van der Waals surface area contributed by atoms with Crippen LogP contribution in [0.3, 0.4) is 0 Å². The van der Waals surface area contributed by atoms with Crippen LogP contribution in [0.15, 0.2) is 60.0 Å². The van der Waals surface area contributed by atoms with Gasteiger partial charge in [0.25, 0.3) is 0 Å². The molecule has 0 unspecified atom stereocenters. The van der Waals surface area contributed by atoms with E-state index in [1.165, 1.54) is 9.78 Å². The Balaban J connectivity index is 1.50. The van der Waals surface area contributed by atoms with Crippen LogP contribution in [-0.4, -0.2) is 54.6 Å². The molecular formula is C27H30ClN3O4S. The third kappa shape index (κ3) is 5.94. The molecule has 2 aromatic carbocycles. The van der Waals surface area contributed by atoms with Crippen molar-refractivity contribution in [3.63, 3.8) is 0 Å². The van der Waals surface area contributed by atoms with Crippen molar-refractivity contribution in [3.8, 4) is 11.5 Å². The zero-order valence-corrected chi connectivity index (χ0v) is 22.1. The van der Waals surface area contributed by atoms with Crippen LogP contribution in [0.5, 0.6) is 11.5 Å². The number of halogens is 1. The number of carbonyl (C=O) groups excluding carboxylic acids is 2. The van der Waals surface area contributed by atoms with Gasteiger partial charge in [-0.05, 0) is 67.6 Å². The lowest BCUT2D eigenvalue weighted by Gasteiger charge is -2.37. The van der Waals surface area contributed by atoms with Crippen LogP contribution < -0.4 is 14.8 Å². The number of rotatable bonds is 8. The average Bonchev–Trinajstić information content (AvgIpc) is 3.34. The highest BCUT2D eigenvalue weighted by molar-refractivity contribution is 7.10. The summed E-state index contributed by atoms with van der Waals surface area (Å²) in [5.74, 6) is 1.13. The van der Waals surface area contributed by atoms with Crippen molar-refractivity contribution in [1.29, 1.82) is 0 Å². The number of hydrogen-bond acceptors (Lipinski definition) is 5. The molecular weight excluding hydrogens is 498 g/mol. The molecule has 190 valence electrons. The Hall–Kier alpha value is -3.23. The third-order valence-electron chi connectivity index (χ3n) is 6.15. The maximum atomic E-state index is 13.6. The van der Waals surface area contributed by atoms with E-state index in [1.807, 2.05) is 48.4 Å². The number of methoxy groups -OCH3 is 1. The number of nitrogens with zero attached hydrogens (tertiary/aromatic N) is 2. The van der Waals surface area contributed by atoms with E-state index in [0.717, 1.165) is 12.0 Å². The number of benzene rings is 2. The summed E-state index contributed by atoms with van der Waals surface area (Å²) < 4.78 is 11.6. The molecule has 36 heavy (non-hydrogen) atoms. The SMILES string of the molecule is COc1ccccc1OC[C@@H]1c2ccsc2CCN1C(=O)CN(C(=O)Nc1cccc(Cl)c1)C(C)C. The second-order valence-electron chi connectivity index (χ2n) is 8.78. The van der Waals surface area contributed by atoms with E-state index >= 15 is 0 Å². The van der Waals surface area contributed by atoms with Crippen LogP contribution in [0, 0.1) is 0 Å². The topological polar surface area (TPSA) is 71.1 Å². The predicted octanol–water partition coefficient (Wildman–Crippen LogP) is 5.86. The van der Waals surface area contributed by atoms with E-state index in [4.69, 9.17) is 21.1 Å². The van der Waals surface area contributed by atoms with Crippen LogP contribution in [-0.2, 0) is 11.2 Å². The highest BCUT2D eigenvalue weighted by Gasteiger charge is 2.34. The van der Waals surface area contributed by atoms with Crippen molar-refractivity contribution < 1.29 is 19.1 Å². The molecule has 0 saturated carbocycles. The number of urea groups is 1. The van der Waals surface area contributed by atoms with Gasteiger partial charge >= 0.3 is 6.03 Å². The molecule has 1 N–H and O–H groups in total. The summed E-state index contributed by atoms with van der Waals surface area (Å²) in [6.07, 6.45) is 0.778. The summed E-state index contributed by atoms with van der Waals surface area (Å²) in [6.45, 7) is 4.58. The Kier molecular flexibility index (Phi) is 8.38. The number of amides is 3. The zero-order chi connectivity index (χ0) is 25.7. The van der Waals surface area contributed by atoms with Gasteiger partial charge in [-0.1, -0.05) is 29.8 Å². The number of carbonyl (C=O) groups is 2. The molecule has 4 rings (SSSR count). The molecule has 0 fully saturated rings. The van der Waals surface area contributed by atoms with Crippen LogP contribution in [0.1, 0.15) is 30.3 Å². The molecule has 0 saturated heterocycles. The number of para-hydroxylation sites is 2. The fraction of sp³-hybridized carbons (Fsp3) is 0.333. The summed E-state index contributed by atoms with van der Waals surface area (Å²) in [5.41, 5.74) is 1.67. The zero-order valence-electron chi connectivity index (χ0n) is 20.6. The molecule has 3 aromatic rings. The fourth-order valence-electron chi connectivity index (χ4n) is 4.27. The number of nitrogens with one attached hydrogen (secondary N) is 1. The summed E-state index contributed by atoms with van der Waals surface area (Å²) in [7, 11) is 1.60. The summed E-state index contributed by atoms with van der Waals surface area (Å²) >= 11 is 7.75. The molecule has 1 aromatic heterocycles. The van der Waals surface area contributed by atoms with Gasteiger partial charge in [0.15, 0.2) is 11.5 Å².